The Kier molecular flexibility index (Phi) is 8.19. The molecule has 2 heterocycles. The molecule has 35 heavy (non-hydrogen) atoms. The third kappa shape index (κ3) is 5.49. The molecule has 1 aromatic carbocycles. The summed E-state index contributed by atoms with van der Waals surface area (Å²) in [5, 5.41) is 0. The zero-order chi connectivity index (χ0) is 24.4. The zero-order valence-electron chi connectivity index (χ0n) is 19.9. The van der Waals surface area contributed by atoms with Gasteiger partial charge in [-0.1, -0.05) is 49.0 Å². The maximum Gasteiger partial charge on any atom is 0.266 e. The van der Waals surface area contributed by atoms with Crippen LogP contribution in [-0.2, 0) is 11.2 Å². The molecule has 4 nitrogen and oxygen atoms in total. The minimum absolute atomic E-state index is 0.105. The van der Waals surface area contributed by atoms with Crippen molar-refractivity contribution in [1.29, 1.82) is 0 Å². The van der Waals surface area contributed by atoms with E-state index < -0.39 is 0 Å². The molecule has 3 aliphatic rings. The van der Waals surface area contributed by atoms with Gasteiger partial charge in [0.1, 0.15) is 10.1 Å². The molecule has 186 valence electrons. The molecule has 1 N–H and O–H groups in total. The molecular weight excluding hydrogens is 516 g/mol. The van der Waals surface area contributed by atoms with Crippen molar-refractivity contribution in [2.75, 3.05) is 13.7 Å². The number of carbonyl (C=O) groups excluding carboxylic acids is 1. The van der Waals surface area contributed by atoms with E-state index in [1.165, 1.54) is 41.5 Å². The van der Waals surface area contributed by atoms with Gasteiger partial charge in [-0.15, -0.1) is 11.3 Å². The van der Waals surface area contributed by atoms with Gasteiger partial charge in [0, 0.05) is 22.3 Å². The minimum atomic E-state index is 0.105. The van der Waals surface area contributed by atoms with Crippen molar-refractivity contribution in [2.24, 2.45) is 11.8 Å². The quantitative estimate of drug-likeness (QED) is 0.147. The van der Waals surface area contributed by atoms with Crippen LogP contribution in [0.3, 0.4) is 0 Å². The number of nitrogens with one attached hydrogen (secondary N) is 1. The van der Waals surface area contributed by atoms with Crippen LogP contribution in [-0.4, -0.2) is 34.8 Å². The van der Waals surface area contributed by atoms with Crippen molar-refractivity contribution in [3.8, 4) is 16.2 Å². The van der Waals surface area contributed by atoms with Gasteiger partial charge in [0.2, 0.25) is 0 Å². The van der Waals surface area contributed by atoms with Crippen molar-refractivity contribution in [3.05, 3.63) is 45.7 Å². The summed E-state index contributed by atoms with van der Waals surface area (Å²) in [6, 6.07) is 10.8. The standard InChI is InChI=1S/C27H31ClN2O2S3/c1-32-21-8-5-7-19(14-21)23-15-20(6-3-2-4-11-29-28)24(34-23)16-25-26(31)30(27(33)35-25)22-13-17-9-10-18(22)12-17/h5,7-8,14-18,22,29H,2-4,6,9-13H2,1H3/b25-16-. The monoisotopic (exact) mass is 546 g/mol. The van der Waals surface area contributed by atoms with Gasteiger partial charge in [0.05, 0.1) is 12.0 Å². The SMILES string of the molecule is COc1cccc(-c2cc(CCCCCNCl)c(/C=C3\SC(=S)N(C4CC5CCC4C5)C3=O)s2)c1. The molecule has 3 fully saturated rings. The maximum atomic E-state index is 13.5. The molecule has 2 aliphatic carbocycles. The molecule has 2 saturated carbocycles. The molecule has 1 saturated heterocycles. The molecule has 2 aromatic rings. The van der Waals surface area contributed by atoms with Crippen LogP contribution in [0.15, 0.2) is 35.2 Å². The topological polar surface area (TPSA) is 41.6 Å². The third-order valence-electron chi connectivity index (χ3n) is 7.53. The highest BCUT2D eigenvalue weighted by molar-refractivity contribution is 8.26. The highest BCUT2D eigenvalue weighted by Crippen LogP contribution is 2.49. The molecule has 3 atom stereocenters. The average molecular weight is 547 g/mol. The average Bonchev–Trinajstić information content (AvgIpc) is 3.64. The normalized spacial score (nSPS) is 24.8. The molecule has 1 aromatic heterocycles. The lowest BCUT2D eigenvalue weighted by molar-refractivity contribution is -0.124. The molecule has 8 heteroatoms. The lowest BCUT2D eigenvalue weighted by Gasteiger charge is -2.30. The van der Waals surface area contributed by atoms with Gasteiger partial charge < -0.3 is 4.74 Å². The Labute approximate surface area is 226 Å². The van der Waals surface area contributed by atoms with Crippen molar-refractivity contribution < 1.29 is 9.53 Å². The summed E-state index contributed by atoms with van der Waals surface area (Å²) in [6.45, 7) is 0.818. The number of hydrogen-bond acceptors (Lipinski definition) is 6. The fourth-order valence-corrected chi connectivity index (χ4v) is 8.49. The van der Waals surface area contributed by atoms with E-state index in [0.717, 1.165) is 70.0 Å². The number of thiocarbonyl (C=S) groups is 1. The van der Waals surface area contributed by atoms with E-state index in [0.29, 0.717) is 12.0 Å². The van der Waals surface area contributed by atoms with Gasteiger partial charge in [0.25, 0.3) is 5.91 Å². The van der Waals surface area contributed by atoms with E-state index in [9.17, 15) is 4.79 Å². The Morgan fingerprint density at radius 2 is 2.11 bits per heavy atom. The van der Waals surface area contributed by atoms with Crippen LogP contribution in [0.25, 0.3) is 16.5 Å². The summed E-state index contributed by atoms with van der Waals surface area (Å²) in [5.74, 6) is 2.36. The number of carbonyl (C=O) groups is 1. The number of unbranched alkanes of at least 4 members (excludes halogenated alkanes) is 2. The predicted molar refractivity (Wildman–Crippen MR) is 152 cm³/mol. The number of benzene rings is 1. The second kappa shape index (κ2) is 11.3. The number of amides is 1. The summed E-state index contributed by atoms with van der Waals surface area (Å²) in [5.41, 5.74) is 2.42. The van der Waals surface area contributed by atoms with Crippen molar-refractivity contribution in [1.82, 2.24) is 9.74 Å². The number of hydrogen-bond donors (Lipinski definition) is 1. The fraction of sp³-hybridized carbons (Fsp3) is 0.481. The second-order valence-electron chi connectivity index (χ2n) is 9.72. The summed E-state index contributed by atoms with van der Waals surface area (Å²) < 4.78 is 6.17. The van der Waals surface area contributed by atoms with Crippen molar-refractivity contribution in [2.45, 2.75) is 57.4 Å². The molecule has 3 unspecified atom stereocenters. The van der Waals surface area contributed by atoms with Crippen LogP contribution in [0.2, 0.25) is 0 Å². The lowest BCUT2D eigenvalue weighted by atomic mass is 9.94. The molecule has 0 radical (unpaired) electrons. The summed E-state index contributed by atoms with van der Waals surface area (Å²) in [4.78, 5) is 21.3. The third-order valence-corrected chi connectivity index (χ3v) is 10.2. The Morgan fingerprint density at radius 3 is 2.86 bits per heavy atom. The Balaban J connectivity index is 1.40. The van der Waals surface area contributed by atoms with Crippen LogP contribution in [0, 0.1) is 11.8 Å². The Bertz CT molecular complexity index is 1130. The fourth-order valence-electron chi connectivity index (χ4n) is 5.78. The van der Waals surface area contributed by atoms with Crippen LogP contribution in [0.4, 0.5) is 0 Å². The van der Waals surface area contributed by atoms with Crippen molar-refractivity contribution >= 4 is 63.4 Å². The van der Waals surface area contributed by atoms with Gasteiger partial charge in [-0.2, -0.15) is 0 Å². The van der Waals surface area contributed by atoms with Crippen LogP contribution in [0.5, 0.6) is 5.75 Å². The minimum Gasteiger partial charge on any atom is -0.497 e. The Hall–Kier alpha value is -1.38. The van der Waals surface area contributed by atoms with E-state index in [2.05, 4.69) is 29.1 Å². The first kappa shape index (κ1) is 25.3. The van der Waals surface area contributed by atoms with E-state index in [1.807, 2.05) is 17.0 Å². The molecule has 1 aliphatic heterocycles. The number of nitrogens with zero attached hydrogens (tertiary/aromatic N) is 1. The highest BCUT2D eigenvalue weighted by atomic mass is 35.5. The van der Waals surface area contributed by atoms with E-state index in [1.54, 1.807) is 18.4 Å². The number of aryl methyl sites for hydroxylation is 1. The molecule has 1 amide bonds. The molecule has 5 rings (SSSR count). The summed E-state index contributed by atoms with van der Waals surface area (Å²) in [6.07, 6.45) is 11.2. The smallest absolute Gasteiger partial charge is 0.266 e. The molecule has 2 bridgehead atoms. The highest BCUT2D eigenvalue weighted by Gasteiger charge is 2.48. The first-order chi connectivity index (χ1) is 17.1. The van der Waals surface area contributed by atoms with Gasteiger partial charge in [-0.05, 0) is 97.5 Å². The number of ether oxygens (including phenoxy) is 1. The number of halogens is 1. The van der Waals surface area contributed by atoms with Gasteiger partial charge in [-0.3, -0.25) is 9.69 Å². The second-order valence-corrected chi connectivity index (χ2v) is 12.7. The Morgan fingerprint density at radius 1 is 1.23 bits per heavy atom. The number of fused-ring (bicyclic) bond motifs is 2. The van der Waals surface area contributed by atoms with Crippen LogP contribution in [0.1, 0.15) is 55.4 Å². The van der Waals surface area contributed by atoms with Gasteiger partial charge in [-0.25, -0.2) is 4.84 Å². The first-order valence-corrected chi connectivity index (χ1v) is 14.9. The first-order valence-electron chi connectivity index (χ1n) is 12.4. The summed E-state index contributed by atoms with van der Waals surface area (Å²) in [7, 11) is 1.69. The van der Waals surface area contributed by atoms with E-state index >= 15 is 0 Å². The van der Waals surface area contributed by atoms with Gasteiger partial charge >= 0.3 is 0 Å². The number of thiophene rings is 1. The summed E-state index contributed by atoms with van der Waals surface area (Å²) >= 11 is 14.5. The number of methoxy groups -OCH3 is 1. The molecule has 0 spiro atoms. The predicted octanol–water partition coefficient (Wildman–Crippen LogP) is 7.27. The van der Waals surface area contributed by atoms with Crippen LogP contribution < -0.4 is 9.57 Å². The number of rotatable bonds is 10. The number of thioether (sulfide) groups is 1. The van der Waals surface area contributed by atoms with Crippen LogP contribution >= 0.6 is 47.1 Å². The lowest BCUT2D eigenvalue weighted by Crippen LogP contribution is -2.41. The van der Waals surface area contributed by atoms with E-state index in [4.69, 9.17) is 28.7 Å². The largest absolute Gasteiger partial charge is 0.497 e. The molecular formula is C27H31ClN2O2S3. The zero-order valence-corrected chi connectivity index (χ0v) is 23.1. The van der Waals surface area contributed by atoms with E-state index in [-0.39, 0.29) is 5.91 Å². The van der Waals surface area contributed by atoms with Gasteiger partial charge in [0.15, 0.2) is 0 Å². The van der Waals surface area contributed by atoms with Crippen molar-refractivity contribution in [3.63, 3.8) is 0 Å². The maximum absolute atomic E-state index is 13.5.